The number of aromatic nitrogens is 1. The molecule has 1 heterocycles. The summed E-state index contributed by atoms with van der Waals surface area (Å²) < 4.78 is 0. The molecule has 4 heteroatoms. The van der Waals surface area contributed by atoms with Crippen molar-refractivity contribution in [2.24, 2.45) is 5.73 Å². The van der Waals surface area contributed by atoms with Gasteiger partial charge in [0.05, 0.1) is 0 Å². The summed E-state index contributed by atoms with van der Waals surface area (Å²) in [6.07, 6.45) is 4.53. The van der Waals surface area contributed by atoms with Gasteiger partial charge in [-0.2, -0.15) is 0 Å². The number of hydrogen-bond donors (Lipinski definition) is 1. The predicted octanol–water partition coefficient (Wildman–Crippen LogP) is 1.81. The molecule has 0 aliphatic rings. The van der Waals surface area contributed by atoms with Gasteiger partial charge >= 0.3 is 0 Å². The molecule has 0 saturated heterocycles. The fourth-order valence-corrected chi connectivity index (χ4v) is 0.891. The third-order valence-electron chi connectivity index (χ3n) is 1.28. The molecule has 12 heavy (non-hydrogen) atoms. The Morgan fingerprint density at radius 2 is 2.17 bits per heavy atom. The minimum Gasteiger partial charge on any atom is -0.328 e. The maximum Gasteiger partial charge on any atom is 0.0300 e. The van der Waals surface area contributed by atoms with Gasteiger partial charge in [-0.15, -0.1) is 24.8 Å². The van der Waals surface area contributed by atoms with Crippen LogP contribution < -0.4 is 5.73 Å². The molecule has 0 aliphatic heterocycles. The SMILES string of the molecule is CC(N)Cc1cccnc1.Cl.Cl. The van der Waals surface area contributed by atoms with Gasteiger partial charge in [-0.1, -0.05) is 6.07 Å². The Bertz CT molecular complexity index is 190. The highest BCUT2D eigenvalue weighted by atomic mass is 35.5. The van der Waals surface area contributed by atoms with E-state index in [1.807, 2.05) is 25.3 Å². The fourth-order valence-electron chi connectivity index (χ4n) is 0.891. The molecule has 1 aromatic rings. The van der Waals surface area contributed by atoms with Crippen LogP contribution in [0.5, 0.6) is 0 Å². The molecule has 0 radical (unpaired) electrons. The van der Waals surface area contributed by atoms with Gasteiger partial charge in [0.15, 0.2) is 0 Å². The summed E-state index contributed by atoms with van der Waals surface area (Å²) >= 11 is 0. The topological polar surface area (TPSA) is 38.9 Å². The van der Waals surface area contributed by atoms with Crippen molar-refractivity contribution in [3.63, 3.8) is 0 Å². The number of nitrogens with two attached hydrogens (primary N) is 1. The predicted molar refractivity (Wildman–Crippen MR) is 56.1 cm³/mol. The summed E-state index contributed by atoms with van der Waals surface area (Å²) in [6.45, 7) is 1.99. The van der Waals surface area contributed by atoms with Gasteiger partial charge in [0, 0.05) is 18.4 Å². The smallest absolute Gasteiger partial charge is 0.0300 e. The monoisotopic (exact) mass is 208 g/mol. The summed E-state index contributed by atoms with van der Waals surface area (Å²) in [4.78, 5) is 3.98. The Morgan fingerprint density at radius 1 is 1.50 bits per heavy atom. The largest absolute Gasteiger partial charge is 0.328 e. The second kappa shape index (κ2) is 7.35. The van der Waals surface area contributed by atoms with Gasteiger partial charge < -0.3 is 5.73 Å². The number of rotatable bonds is 2. The van der Waals surface area contributed by atoms with E-state index in [1.165, 1.54) is 5.56 Å². The van der Waals surface area contributed by atoms with Gasteiger partial charge in [0.25, 0.3) is 0 Å². The van der Waals surface area contributed by atoms with E-state index in [2.05, 4.69) is 4.98 Å². The molecule has 2 nitrogen and oxygen atoms in total. The quantitative estimate of drug-likeness (QED) is 0.806. The van der Waals surface area contributed by atoms with E-state index in [9.17, 15) is 0 Å². The van der Waals surface area contributed by atoms with Crippen molar-refractivity contribution in [2.45, 2.75) is 19.4 Å². The van der Waals surface area contributed by atoms with Gasteiger partial charge in [-0.05, 0) is 25.0 Å². The zero-order valence-corrected chi connectivity index (χ0v) is 8.57. The van der Waals surface area contributed by atoms with Crippen LogP contribution in [0.1, 0.15) is 12.5 Å². The molecule has 0 saturated carbocycles. The molecular weight excluding hydrogens is 195 g/mol. The third kappa shape index (κ3) is 5.35. The van der Waals surface area contributed by atoms with E-state index < -0.39 is 0 Å². The van der Waals surface area contributed by atoms with Crippen LogP contribution in [-0.4, -0.2) is 11.0 Å². The molecule has 1 atom stereocenters. The highest BCUT2D eigenvalue weighted by Gasteiger charge is 1.94. The number of halogens is 2. The lowest BCUT2D eigenvalue weighted by Crippen LogP contribution is -2.17. The minimum absolute atomic E-state index is 0. The molecular formula is C8H14Cl2N2. The van der Waals surface area contributed by atoms with Crippen molar-refractivity contribution in [1.29, 1.82) is 0 Å². The Morgan fingerprint density at radius 3 is 2.58 bits per heavy atom. The van der Waals surface area contributed by atoms with Crippen LogP contribution in [-0.2, 0) is 6.42 Å². The van der Waals surface area contributed by atoms with Crippen molar-refractivity contribution in [2.75, 3.05) is 0 Å². The first-order valence-electron chi connectivity index (χ1n) is 3.43. The Hall–Kier alpha value is -0.310. The van der Waals surface area contributed by atoms with Crippen LogP contribution in [0.3, 0.4) is 0 Å². The first-order valence-corrected chi connectivity index (χ1v) is 3.43. The van der Waals surface area contributed by atoms with Crippen LogP contribution in [0, 0.1) is 0 Å². The summed E-state index contributed by atoms with van der Waals surface area (Å²) in [5.41, 5.74) is 6.80. The molecule has 0 aliphatic carbocycles. The average Bonchev–Trinajstić information content (AvgIpc) is 1.88. The molecule has 0 spiro atoms. The lowest BCUT2D eigenvalue weighted by molar-refractivity contribution is 0.736. The van der Waals surface area contributed by atoms with E-state index in [0.717, 1.165) is 6.42 Å². The number of pyridine rings is 1. The zero-order chi connectivity index (χ0) is 7.40. The first kappa shape index (κ1) is 14.2. The molecule has 1 aromatic heterocycles. The van der Waals surface area contributed by atoms with Crippen LogP contribution in [0.2, 0.25) is 0 Å². The van der Waals surface area contributed by atoms with E-state index in [-0.39, 0.29) is 30.9 Å². The maximum atomic E-state index is 5.60. The van der Waals surface area contributed by atoms with E-state index in [4.69, 9.17) is 5.73 Å². The van der Waals surface area contributed by atoms with Gasteiger partial charge in [-0.3, -0.25) is 4.98 Å². The summed E-state index contributed by atoms with van der Waals surface area (Å²) in [6, 6.07) is 4.19. The van der Waals surface area contributed by atoms with Crippen LogP contribution in [0.4, 0.5) is 0 Å². The lowest BCUT2D eigenvalue weighted by atomic mass is 10.1. The maximum absolute atomic E-state index is 5.60. The summed E-state index contributed by atoms with van der Waals surface area (Å²) in [5, 5.41) is 0. The molecule has 1 unspecified atom stereocenters. The second-order valence-corrected chi connectivity index (χ2v) is 2.54. The van der Waals surface area contributed by atoms with Crippen molar-refractivity contribution < 1.29 is 0 Å². The molecule has 2 N–H and O–H groups in total. The Kier molecular flexibility index (Phi) is 8.71. The highest BCUT2D eigenvalue weighted by Crippen LogP contribution is 1.98. The van der Waals surface area contributed by atoms with Crippen molar-refractivity contribution in [3.8, 4) is 0 Å². The Labute approximate surface area is 85.4 Å². The van der Waals surface area contributed by atoms with Crippen LogP contribution in [0.15, 0.2) is 24.5 Å². The fraction of sp³-hybridized carbons (Fsp3) is 0.375. The molecule has 0 amide bonds. The first-order chi connectivity index (χ1) is 4.79. The second-order valence-electron chi connectivity index (χ2n) is 2.54. The standard InChI is InChI=1S/C8H12N2.2ClH/c1-7(9)5-8-3-2-4-10-6-8;;/h2-4,6-7H,5,9H2,1H3;2*1H. The molecule has 0 fully saturated rings. The molecule has 1 rings (SSSR count). The number of nitrogens with zero attached hydrogens (tertiary/aromatic N) is 1. The van der Waals surface area contributed by atoms with Crippen LogP contribution >= 0.6 is 24.8 Å². The van der Waals surface area contributed by atoms with Crippen molar-refractivity contribution in [3.05, 3.63) is 30.1 Å². The third-order valence-corrected chi connectivity index (χ3v) is 1.28. The van der Waals surface area contributed by atoms with E-state index in [0.29, 0.717) is 0 Å². The lowest BCUT2D eigenvalue weighted by Gasteiger charge is -2.02. The van der Waals surface area contributed by atoms with Gasteiger partial charge in [-0.25, -0.2) is 0 Å². The highest BCUT2D eigenvalue weighted by molar-refractivity contribution is 5.85. The van der Waals surface area contributed by atoms with Crippen molar-refractivity contribution in [1.82, 2.24) is 4.98 Å². The normalized spacial score (nSPS) is 10.8. The van der Waals surface area contributed by atoms with Gasteiger partial charge in [0.1, 0.15) is 0 Å². The van der Waals surface area contributed by atoms with E-state index >= 15 is 0 Å². The van der Waals surface area contributed by atoms with Crippen molar-refractivity contribution >= 4 is 24.8 Å². The van der Waals surface area contributed by atoms with E-state index in [1.54, 1.807) is 6.20 Å². The van der Waals surface area contributed by atoms with Crippen LogP contribution in [0.25, 0.3) is 0 Å². The molecule has 0 bridgehead atoms. The number of hydrogen-bond acceptors (Lipinski definition) is 2. The van der Waals surface area contributed by atoms with Gasteiger partial charge in [0.2, 0.25) is 0 Å². The average molecular weight is 209 g/mol. The minimum atomic E-state index is 0. The summed E-state index contributed by atoms with van der Waals surface area (Å²) in [5.74, 6) is 0. The molecule has 70 valence electrons. The Balaban J connectivity index is 0. The summed E-state index contributed by atoms with van der Waals surface area (Å²) in [7, 11) is 0. The zero-order valence-electron chi connectivity index (χ0n) is 6.93. The molecule has 0 aromatic carbocycles.